The van der Waals surface area contributed by atoms with Crippen molar-refractivity contribution in [2.24, 2.45) is 0 Å². The number of rotatable bonds is 3. The number of pyridine rings is 1. The van der Waals surface area contributed by atoms with Crippen molar-refractivity contribution in [2.45, 2.75) is 6.42 Å². The van der Waals surface area contributed by atoms with E-state index in [4.69, 9.17) is 10.5 Å². The van der Waals surface area contributed by atoms with E-state index in [1.807, 2.05) is 24.1 Å². The average molecular weight is 186 g/mol. The Morgan fingerprint density at radius 3 is 2.93 bits per heavy atom. The maximum Gasteiger partial charge on any atom is 0.163 e. The van der Waals surface area contributed by atoms with Crippen LogP contribution in [0.4, 0.5) is 5.69 Å². The molecule has 0 fully saturated rings. The monoisotopic (exact) mass is 186 g/mol. The fourth-order valence-corrected chi connectivity index (χ4v) is 1.13. The molecular formula is C10H10N4. The molecule has 0 atom stereocenters. The van der Waals surface area contributed by atoms with E-state index in [2.05, 4.69) is 11.1 Å². The predicted octanol–water partition coefficient (Wildman–Crippen LogP) is 1.30. The molecule has 0 spiro atoms. The molecule has 0 aliphatic heterocycles. The summed E-state index contributed by atoms with van der Waals surface area (Å²) < 4.78 is 0. The first kappa shape index (κ1) is 10.0. The van der Waals surface area contributed by atoms with Crippen LogP contribution in [-0.2, 0) is 0 Å². The lowest BCUT2D eigenvalue weighted by Crippen LogP contribution is -2.19. The Morgan fingerprint density at radius 2 is 2.29 bits per heavy atom. The van der Waals surface area contributed by atoms with Gasteiger partial charge in [-0.15, -0.1) is 0 Å². The topological polar surface area (TPSA) is 63.7 Å². The van der Waals surface area contributed by atoms with Crippen molar-refractivity contribution in [1.82, 2.24) is 4.98 Å². The smallest absolute Gasteiger partial charge is 0.163 e. The molecule has 4 heteroatoms. The highest BCUT2D eigenvalue weighted by Crippen LogP contribution is 2.15. The molecule has 14 heavy (non-hydrogen) atoms. The van der Waals surface area contributed by atoms with Gasteiger partial charge in [0.05, 0.1) is 18.2 Å². The number of nitriles is 2. The number of hydrogen-bond acceptors (Lipinski definition) is 4. The van der Waals surface area contributed by atoms with Crippen LogP contribution < -0.4 is 4.90 Å². The molecule has 1 aromatic heterocycles. The molecule has 1 rings (SSSR count). The zero-order valence-corrected chi connectivity index (χ0v) is 7.94. The second-order valence-corrected chi connectivity index (χ2v) is 2.81. The van der Waals surface area contributed by atoms with Crippen LogP contribution in [0.25, 0.3) is 0 Å². The van der Waals surface area contributed by atoms with Crippen molar-refractivity contribution in [2.75, 3.05) is 18.5 Å². The van der Waals surface area contributed by atoms with Gasteiger partial charge in [0.25, 0.3) is 0 Å². The standard InChI is InChI=1S/C10H10N4/c1-14(7-3-5-11)10-4-2-6-13-9(10)8-12/h2,4,6H,3,7H2,1H3. The number of aromatic nitrogens is 1. The lowest BCUT2D eigenvalue weighted by molar-refractivity contribution is 0.898. The van der Waals surface area contributed by atoms with Crippen LogP contribution in [0.1, 0.15) is 12.1 Å². The van der Waals surface area contributed by atoms with Crippen LogP contribution in [0, 0.1) is 22.7 Å². The number of anilines is 1. The van der Waals surface area contributed by atoms with Crippen LogP contribution in [-0.4, -0.2) is 18.6 Å². The van der Waals surface area contributed by atoms with Crippen molar-refractivity contribution in [3.05, 3.63) is 24.0 Å². The minimum Gasteiger partial charge on any atom is -0.371 e. The molecule has 0 aromatic carbocycles. The summed E-state index contributed by atoms with van der Waals surface area (Å²) in [4.78, 5) is 5.80. The maximum absolute atomic E-state index is 8.79. The van der Waals surface area contributed by atoms with E-state index in [0.29, 0.717) is 18.7 Å². The van der Waals surface area contributed by atoms with Crippen molar-refractivity contribution >= 4 is 5.69 Å². The Morgan fingerprint density at radius 1 is 1.50 bits per heavy atom. The van der Waals surface area contributed by atoms with Crippen LogP contribution in [0.2, 0.25) is 0 Å². The molecule has 0 aliphatic rings. The molecule has 0 amide bonds. The second kappa shape index (κ2) is 4.84. The summed E-state index contributed by atoms with van der Waals surface area (Å²) in [6, 6.07) is 7.68. The Balaban J connectivity index is 2.85. The van der Waals surface area contributed by atoms with Crippen LogP contribution in [0.5, 0.6) is 0 Å². The highest BCUT2D eigenvalue weighted by molar-refractivity contribution is 5.54. The van der Waals surface area contributed by atoms with Crippen molar-refractivity contribution in [1.29, 1.82) is 10.5 Å². The third-order valence-corrected chi connectivity index (χ3v) is 1.86. The summed E-state index contributed by atoms with van der Waals surface area (Å²) in [5.41, 5.74) is 1.16. The molecule has 0 unspecified atom stereocenters. The summed E-state index contributed by atoms with van der Waals surface area (Å²) in [5, 5.41) is 17.2. The van der Waals surface area contributed by atoms with Crippen LogP contribution in [0.15, 0.2) is 18.3 Å². The first-order chi connectivity index (χ1) is 6.79. The summed E-state index contributed by atoms with van der Waals surface area (Å²) in [7, 11) is 1.84. The van der Waals surface area contributed by atoms with E-state index in [1.165, 1.54) is 0 Å². The van der Waals surface area contributed by atoms with Crippen LogP contribution >= 0.6 is 0 Å². The number of nitrogens with zero attached hydrogens (tertiary/aromatic N) is 4. The Kier molecular flexibility index (Phi) is 3.46. The summed E-state index contributed by atoms with van der Waals surface area (Å²) in [6.07, 6.45) is 2.02. The van der Waals surface area contributed by atoms with Gasteiger partial charge in [-0.25, -0.2) is 4.98 Å². The fraction of sp³-hybridized carbons (Fsp3) is 0.300. The minimum atomic E-state index is 0.396. The quantitative estimate of drug-likeness (QED) is 0.713. The molecule has 0 N–H and O–H groups in total. The molecule has 0 saturated carbocycles. The normalized spacial score (nSPS) is 8.79. The largest absolute Gasteiger partial charge is 0.371 e. The molecule has 1 heterocycles. The van der Waals surface area contributed by atoms with Gasteiger partial charge in [0.2, 0.25) is 0 Å². The molecular weight excluding hydrogens is 176 g/mol. The van der Waals surface area contributed by atoms with Gasteiger partial charge in [0.15, 0.2) is 5.69 Å². The second-order valence-electron chi connectivity index (χ2n) is 2.81. The van der Waals surface area contributed by atoms with Gasteiger partial charge in [0.1, 0.15) is 6.07 Å². The minimum absolute atomic E-state index is 0.396. The van der Waals surface area contributed by atoms with Gasteiger partial charge in [0, 0.05) is 19.8 Å². The lowest BCUT2D eigenvalue weighted by Gasteiger charge is -2.17. The Hall–Kier alpha value is -2.07. The average Bonchev–Trinajstić information content (AvgIpc) is 2.25. The van der Waals surface area contributed by atoms with Crippen LogP contribution in [0.3, 0.4) is 0 Å². The summed E-state index contributed by atoms with van der Waals surface area (Å²) in [5.74, 6) is 0. The third-order valence-electron chi connectivity index (χ3n) is 1.86. The molecule has 0 aliphatic carbocycles. The van der Waals surface area contributed by atoms with E-state index >= 15 is 0 Å². The van der Waals surface area contributed by atoms with E-state index in [9.17, 15) is 0 Å². The van der Waals surface area contributed by atoms with E-state index in [-0.39, 0.29) is 0 Å². The SMILES string of the molecule is CN(CCC#N)c1cccnc1C#N. The Labute approximate surface area is 83.0 Å². The van der Waals surface area contributed by atoms with Crippen molar-refractivity contribution in [3.8, 4) is 12.1 Å². The molecule has 1 aromatic rings. The van der Waals surface area contributed by atoms with Gasteiger partial charge >= 0.3 is 0 Å². The molecule has 0 bridgehead atoms. The molecule has 0 saturated heterocycles. The highest BCUT2D eigenvalue weighted by Gasteiger charge is 2.06. The summed E-state index contributed by atoms with van der Waals surface area (Å²) >= 11 is 0. The zero-order chi connectivity index (χ0) is 10.4. The van der Waals surface area contributed by atoms with Gasteiger partial charge in [-0.05, 0) is 12.1 Å². The molecule has 0 radical (unpaired) electrons. The first-order valence-corrected chi connectivity index (χ1v) is 4.22. The van der Waals surface area contributed by atoms with Gasteiger partial charge in [-0.2, -0.15) is 10.5 Å². The van der Waals surface area contributed by atoms with Gasteiger partial charge in [-0.1, -0.05) is 0 Å². The number of hydrogen-bond donors (Lipinski definition) is 0. The van der Waals surface area contributed by atoms with Gasteiger partial charge < -0.3 is 4.90 Å². The highest BCUT2D eigenvalue weighted by atomic mass is 15.1. The maximum atomic E-state index is 8.79. The summed E-state index contributed by atoms with van der Waals surface area (Å²) in [6.45, 7) is 0.608. The van der Waals surface area contributed by atoms with Gasteiger partial charge in [-0.3, -0.25) is 0 Å². The molecule has 4 nitrogen and oxygen atoms in total. The van der Waals surface area contributed by atoms with E-state index in [1.54, 1.807) is 12.3 Å². The Bertz CT molecular complexity index is 386. The lowest BCUT2D eigenvalue weighted by atomic mass is 10.2. The van der Waals surface area contributed by atoms with E-state index in [0.717, 1.165) is 5.69 Å². The van der Waals surface area contributed by atoms with Crippen molar-refractivity contribution < 1.29 is 0 Å². The van der Waals surface area contributed by atoms with E-state index < -0.39 is 0 Å². The first-order valence-electron chi connectivity index (χ1n) is 4.22. The third kappa shape index (κ3) is 2.21. The fourth-order valence-electron chi connectivity index (χ4n) is 1.13. The predicted molar refractivity (Wildman–Crippen MR) is 52.5 cm³/mol. The van der Waals surface area contributed by atoms with Crippen molar-refractivity contribution in [3.63, 3.8) is 0 Å². The molecule has 70 valence electrons. The zero-order valence-electron chi connectivity index (χ0n) is 7.94.